The van der Waals surface area contributed by atoms with E-state index in [-0.39, 0.29) is 22.9 Å². The summed E-state index contributed by atoms with van der Waals surface area (Å²) in [5.41, 5.74) is 1.61. The molecular formula is C24H29Cl2N3O2S. The molecular weight excluding hydrogens is 465 g/mol. The summed E-state index contributed by atoms with van der Waals surface area (Å²) in [7, 11) is 0. The third-order valence-corrected chi connectivity index (χ3v) is 6.78. The predicted octanol–water partition coefficient (Wildman–Crippen LogP) is 4.63. The summed E-state index contributed by atoms with van der Waals surface area (Å²) >= 11 is 13.7. The SMILES string of the molecule is CSCC[C@H](NC(=O)c1ccc(Cl)cc1Cl)C(=O)NC1CCN(Cc2ccccc2)CC1. The van der Waals surface area contributed by atoms with Gasteiger partial charge < -0.3 is 10.6 Å². The molecule has 1 heterocycles. The minimum atomic E-state index is -0.607. The molecule has 1 atom stereocenters. The van der Waals surface area contributed by atoms with Crippen LogP contribution in [0.3, 0.4) is 0 Å². The lowest BCUT2D eigenvalue weighted by Crippen LogP contribution is -2.52. The molecule has 0 spiro atoms. The van der Waals surface area contributed by atoms with E-state index in [1.807, 2.05) is 12.3 Å². The second-order valence-corrected chi connectivity index (χ2v) is 9.81. The van der Waals surface area contributed by atoms with Gasteiger partial charge in [-0.1, -0.05) is 53.5 Å². The maximum Gasteiger partial charge on any atom is 0.253 e. The van der Waals surface area contributed by atoms with Crippen LogP contribution in [0.25, 0.3) is 0 Å². The number of likely N-dealkylation sites (tertiary alicyclic amines) is 1. The van der Waals surface area contributed by atoms with Gasteiger partial charge in [0, 0.05) is 30.7 Å². The van der Waals surface area contributed by atoms with E-state index in [4.69, 9.17) is 23.2 Å². The van der Waals surface area contributed by atoms with Gasteiger partial charge in [-0.25, -0.2) is 0 Å². The third kappa shape index (κ3) is 7.41. The average molecular weight is 494 g/mol. The molecule has 0 radical (unpaired) electrons. The summed E-state index contributed by atoms with van der Waals surface area (Å²) in [5, 5.41) is 6.73. The lowest BCUT2D eigenvalue weighted by molar-refractivity contribution is -0.124. The number of piperidine rings is 1. The van der Waals surface area contributed by atoms with Gasteiger partial charge >= 0.3 is 0 Å². The number of rotatable bonds is 9. The van der Waals surface area contributed by atoms with Crippen molar-refractivity contribution in [3.8, 4) is 0 Å². The van der Waals surface area contributed by atoms with Crippen molar-refractivity contribution < 1.29 is 9.59 Å². The second-order valence-electron chi connectivity index (χ2n) is 7.98. The molecule has 0 aliphatic carbocycles. The van der Waals surface area contributed by atoms with Crippen molar-refractivity contribution >= 4 is 46.8 Å². The molecule has 1 fully saturated rings. The molecule has 8 heteroatoms. The zero-order chi connectivity index (χ0) is 22.9. The summed E-state index contributed by atoms with van der Waals surface area (Å²) in [5.74, 6) is 0.256. The molecule has 32 heavy (non-hydrogen) atoms. The van der Waals surface area contributed by atoms with Gasteiger partial charge in [0.15, 0.2) is 0 Å². The first-order chi connectivity index (χ1) is 15.5. The van der Waals surface area contributed by atoms with Crippen LogP contribution in [0.5, 0.6) is 0 Å². The second kappa shape index (κ2) is 12.5. The largest absolute Gasteiger partial charge is 0.351 e. The van der Waals surface area contributed by atoms with Crippen LogP contribution in [0.15, 0.2) is 48.5 Å². The molecule has 0 unspecified atom stereocenters. The van der Waals surface area contributed by atoms with Gasteiger partial charge in [-0.2, -0.15) is 11.8 Å². The van der Waals surface area contributed by atoms with Crippen LogP contribution < -0.4 is 10.6 Å². The third-order valence-electron chi connectivity index (χ3n) is 5.59. The molecule has 2 aromatic rings. The van der Waals surface area contributed by atoms with Crippen molar-refractivity contribution in [3.63, 3.8) is 0 Å². The normalized spacial score (nSPS) is 15.8. The number of carbonyl (C=O) groups excluding carboxylic acids is 2. The number of carbonyl (C=O) groups is 2. The number of nitrogens with one attached hydrogen (secondary N) is 2. The monoisotopic (exact) mass is 493 g/mol. The highest BCUT2D eigenvalue weighted by atomic mass is 35.5. The minimum absolute atomic E-state index is 0.113. The predicted molar refractivity (Wildman–Crippen MR) is 134 cm³/mol. The highest BCUT2D eigenvalue weighted by Crippen LogP contribution is 2.21. The van der Waals surface area contributed by atoms with Crippen LogP contribution in [0.4, 0.5) is 0 Å². The topological polar surface area (TPSA) is 61.4 Å². The quantitative estimate of drug-likeness (QED) is 0.534. The first kappa shape index (κ1) is 24.9. The van der Waals surface area contributed by atoms with E-state index in [1.54, 1.807) is 23.9 Å². The van der Waals surface area contributed by atoms with E-state index in [2.05, 4.69) is 39.8 Å². The molecule has 5 nitrogen and oxygen atoms in total. The first-order valence-corrected chi connectivity index (χ1v) is 12.9. The Morgan fingerprint density at radius 3 is 2.50 bits per heavy atom. The summed E-state index contributed by atoms with van der Waals surface area (Å²) in [6.45, 7) is 2.79. The summed E-state index contributed by atoms with van der Waals surface area (Å²) < 4.78 is 0. The van der Waals surface area contributed by atoms with Gasteiger partial charge in [0.05, 0.1) is 10.6 Å². The Kier molecular flexibility index (Phi) is 9.72. The van der Waals surface area contributed by atoms with Gasteiger partial charge in [0.2, 0.25) is 5.91 Å². The van der Waals surface area contributed by atoms with E-state index in [1.165, 1.54) is 11.6 Å². The zero-order valence-corrected chi connectivity index (χ0v) is 20.5. The van der Waals surface area contributed by atoms with Crippen LogP contribution >= 0.6 is 35.0 Å². The number of amides is 2. The standard InChI is InChI=1S/C24H29Cl2N3O2S/c1-32-14-11-22(28-23(30)20-8-7-18(25)15-21(20)26)24(31)27-19-9-12-29(13-10-19)16-17-5-3-2-4-6-17/h2-8,15,19,22H,9-14,16H2,1H3,(H,27,31)(H,28,30)/t22-/m0/s1. The molecule has 2 N–H and O–H groups in total. The first-order valence-electron chi connectivity index (χ1n) is 10.8. The lowest BCUT2D eigenvalue weighted by Gasteiger charge is -2.33. The van der Waals surface area contributed by atoms with E-state index >= 15 is 0 Å². The van der Waals surface area contributed by atoms with E-state index in [0.29, 0.717) is 17.0 Å². The zero-order valence-electron chi connectivity index (χ0n) is 18.2. The Balaban J connectivity index is 1.53. The van der Waals surface area contributed by atoms with Crippen molar-refractivity contribution in [2.24, 2.45) is 0 Å². The Morgan fingerprint density at radius 1 is 1.12 bits per heavy atom. The van der Waals surface area contributed by atoms with Crippen LogP contribution in [0.2, 0.25) is 10.0 Å². The summed E-state index contributed by atoms with van der Waals surface area (Å²) in [6, 6.07) is 14.6. The van der Waals surface area contributed by atoms with Crippen LogP contribution in [0, 0.1) is 0 Å². The number of nitrogens with zero attached hydrogens (tertiary/aromatic N) is 1. The van der Waals surface area contributed by atoms with E-state index in [0.717, 1.165) is 38.2 Å². The van der Waals surface area contributed by atoms with Gasteiger partial charge in [-0.15, -0.1) is 0 Å². The molecule has 0 saturated carbocycles. The number of hydrogen-bond donors (Lipinski definition) is 2. The van der Waals surface area contributed by atoms with E-state index < -0.39 is 6.04 Å². The van der Waals surface area contributed by atoms with Crippen molar-refractivity contribution in [1.29, 1.82) is 0 Å². The number of benzene rings is 2. The van der Waals surface area contributed by atoms with Crippen LogP contribution in [-0.2, 0) is 11.3 Å². The van der Waals surface area contributed by atoms with E-state index in [9.17, 15) is 9.59 Å². The molecule has 2 amide bonds. The van der Waals surface area contributed by atoms with Gasteiger partial charge in [-0.3, -0.25) is 14.5 Å². The smallest absolute Gasteiger partial charge is 0.253 e. The van der Waals surface area contributed by atoms with Gasteiger partial charge in [0.25, 0.3) is 5.91 Å². The molecule has 0 bridgehead atoms. The molecule has 2 aromatic carbocycles. The number of hydrogen-bond acceptors (Lipinski definition) is 4. The van der Waals surface area contributed by atoms with Crippen molar-refractivity contribution in [2.75, 3.05) is 25.1 Å². The van der Waals surface area contributed by atoms with Gasteiger partial charge in [0.1, 0.15) is 6.04 Å². The molecule has 1 aliphatic heterocycles. The Labute approximate surface area is 204 Å². The van der Waals surface area contributed by atoms with Crippen molar-refractivity contribution in [1.82, 2.24) is 15.5 Å². The fourth-order valence-electron chi connectivity index (χ4n) is 3.79. The molecule has 172 valence electrons. The maximum absolute atomic E-state index is 13.0. The number of halogens is 2. The Morgan fingerprint density at radius 2 is 1.84 bits per heavy atom. The van der Waals surface area contributed by atoms with Crippen LogP contribution in [0.1, 0.15) is 35.2 Å². The van der Waals surface area contributed by atoms with Gasteiger partial charge in [-0.05, 0) is 55.0 Å². The van der Waals surface area contributed by atoms with Crippen molar-refractivity contribution in [2.45, 2.75) is 37.9 Å². The Bertz CT molecular complexity index is 905. The molecule has 1 aliphatic rings. The fraction of sp³-hybridized carbons (Fsp3) is 0.417. The highest BCUT2D eigenvalue weighted by molar-refractivity contribution is 7.98. The lowest BCUT2D eigenvalue weighted by atomic mass is 10.0. The fourth-order valence-corrected chi connectivity index (χ4v) is 4.76. The summed E-state index contributed by atoms with van der Waals surface area (Å²) in [6.07, 6.45) is 4.32. The average Bonchev–Trinajstić information content (AvgIpc) is 2.78. The molecule has 1 saturated heterocycles. The van der Waals surface area contributed by atoms with Crippen molar-refractivity contribution in [3.05, 3.63) is 69.7 Å². The molecule has 3 rings (SSSR count). The Hall–Kier alpha value is -1.73. The number of thioether (sulfide) groups is 1. The maximum atomic E-state index is 13.0. The summed E-state index contributed by atoms with van der Waals surface area (Å²) in [4.78, 5) is 28.1. The van der Waals surface area contributed by atoms with Crippen LogP contribution in [-0.4, -0.2) is 53.9 Å². The minimum Gasteiger partial charge on any atom is -0.351 e. The highest BCUT2D eigenvalue weighted by Gasteiger charge is 2.26. The molecule has 0 aromatic heterocycles.